The third-order valence-corrected chi connectivity index (χ3v) is 3.08. The fraction of sp³-hybridized carbons (Fsp3) is 0.600. The zero-order chi connectivity index (χ0) is 12.5. The van der Waals surface area contributed by atoms with Crippen molar-refractivity contribution in [2.24, 2.45) is 5.92 Å². The van der Waals surface area contributed by atoms with Crippen molar-refractivity contribution in [1.82, 2.24) is 9.97 Å². The predicted molar refractivity (Wildman–Crippen MR) is 56.8 cm³/mol. The Hall–Kier alpha value is -0.820. The zero-order valence-electron chi connectivity index (χ0n) is 9.12. The molecule has 2 rings (SSSR count). The van der Waals surface area contributed by atoms with E-state index in [1.54, 1.807) is 6.26 Å². The number of alkyl halides is 3. The number of hydrogen-bond acceptors (Lipinski definition) is 4. The first-order valence-corrected chi connectivity index (χ1v) is 6.28. The summed E-state index contributed by atoms with van der Waals surface area (Å²) in [7, 11) is 0. The van der Waals surface area contributed by atoms with Gasteiger partial charge in [-0.15, -0.1) is 0 Å². The molecule has 0 aromatic carbocycles. The van der Waals surface area contributed by atoms with Crippen LogP contribution in [0.2, 0.25) is 0 Å². The molecule has 1 aliphatic rings. The van der Waals surface area contributed by atoms with Gasteiger partial charge in [-0.1, -0.05) is 11.8 Å². The number of rotatable bonds is 3. The minimum atomic E-state index is -4.39. The molecule has 17 heavy (non-hydrogen) atoms. The molecule has 3 nitrogen and oxygen atoms in total. The van der Waals surface area contributed by atoms with E-state index >= 15 is 0 Å². The second kappa shape index (κ2) is 4.81. The molecule has 0 radical (unpaired) electrons. The molecule has 0 saturated carbocycles. The summed E-state index contributed by atoms with van der Waals surface area (Å²) < 4.78 is 43.2. The maximum atomic E-state index is 12.7. The first-order chi connectivity index (χ1) is 8.00. The van der Waals surface area contributed by atoms with Gasteiger partial charge in [0.05, 0.1) is 24.5 Å². The fourth-order valence-corrected chi connectivity index (χ4v) is 1.92. The van der Waals surface area contributed by atoms with Gasteiger partial charge < -0.3 is 4.74 Å². The zero-order valence-corrected chi connectivity index (χ0v) is 9.94. The lowest BCUT2D eigenvalue weighted by Crippen LogP contribution is -2.30. The number of aromatic nitrogens is 2. The average Bonchev–Trinajstić information content (AvgIpc) is 2.21. The van der Waals surface area contributed by atoms with E-state index in [1.165, 1.54) is 11.8 Å². The molecule has 0 N–H and O–H groups in total. The van der Waals surface area contributed by atoms with E-state index in [2.05, 4.69) is 9.97 Å². The van der Waals surface area contributed by atoms with Crippen LogP contribution in [0.3, 0.4) is 0 Å². The summed E-state index contributed by atoms with van der Waals surface area (Å²) in [6.45, 7) is 1.02. The van der Waals surface area contributed by atoms with Crippen LogP contribution in [0.1, 0.15) is 11.3 Å². The van der Waals surface area contributed by atoms with E-state index in [0.29, 0.717) is 24.8 Å². The van der Waals surface area contributed by atoms with Crippen molar-refractivity contribution in [3.05, 3.63) is 17.5 Å². The van der Waals surface area contributed by atoms with Crippen LogP contribution in [0.15, 0.2) is 11.4 Å². The van der Waals surface area contributed by atoms with Crippen molar-refractivity contribution in [2.75, 3.05) is 19.5 Å². The van der Waals surface area contributed by atoms with E-state index in [1.807, 2.05) is 0 Å². The van der Waals surface area contributed by atoms with Crippen LogP contribution < -0.4 is 0 Å². The van der Waals surface area contributed by atoms with Gasteiger partial charge in [0.2, 0.25) is 0 Å². The molecular formula is C10H11F3N2OS. The topological polar surface area (TPSA) is 35.0 Å². The summed E-state index contributed by atoms with van der Waals surface area (Å²) in [4.78, 5) is 7.63. The molecule has 1 aromatic rings. The maximum Gasteiger partial charge on any atom is 0.419 e. The third-order valence-electron chi connectivity index (χ3n) is 2.52. The second-order valence-corrected chi connectivity index (χ2v) is 4.60. The van der Waals surface area contributed by atoms with E-state index in [0.717, 1.165) is 6.20 Å². The Labute approximate surface area is 101 Å². The minimum Gasteiger partial charge on any atom is -0.381 e. The maximum absolute atomic E-state index is 12.7. The summed E-state index contributed by atoms with van der Waals surface area (Å²) in [6.07, 6.45) is -1.49. The van der Waals surface area contributed by atoms with Gasteiger partial charge >= 0.3 is 6.18 Å². The molecule has 0 aliphatic carbocycles. The number of thioether (sulfide) groups is 1. The van der Waals surface area contributed by atoms with Gasteiger partial charge in [-0.25, -0.2) is 9.97 Å². The fourth-order valence-electron chi connectivity index (χ4n) is 1.57. The molecular weight excluding hydrogens is 253 g/mol. The number of halogens is 3. The van der Waals surface area contributed by atoms with Crippen LogP contribution in [-0.2, 0) is 17.3 Å². The van der Waals surface area contributed by atoms with E-state index < -0.39 is 11.7 Å². The van der Waals surface area contributed by atoms with Crippen LogP contribution in [0.5, 0.6) is 0 Å². The molecule has 1 aromatic heterocycles. The highest BCUT2D eigenvalue weighted by atomic mass is 32.2. The van der Waals surface area contributed by atoms with Gasteiger partial charge in [-0.2, -0.15) is 13.2 Å². The van der Waals surface area contributed by atoms with Gasteiger partial charge in [0.15, 0.2) is 5.16 Å². The highest BCUT2D eigenvalue weighted by molar-refractivity contribution is 7.98. The number of ether oxygens (including phenoxy) is 1. The number of hydrogen-bond donors (Lipinski definition) is 0. The first kappa shape index (κ1) is 12.6. The SMILES string of the molecule is CSc1ncc(C(F)(F)F)c(CC2COC2)n1. The van der Waals surface area contributed by atoms with Crippen molar-refractivity contribution in [3.63, 3.8) is 0 Å². The van der Waals surface area contributed by atoms with Gasteiger partial charge in [-0.3, -0.25) is 0 Å². The van der Waals surface area contributed by atoms with Crippen LogP contribution in [-0.4, -0.2) is 29.4 Å². The number of nitrogens with zero attached hydrogens (tertiary/aromatic N) is 2. The Morgan fingerprint density at radius 2 is 2.18 bits per heavy atom. The molecule has 1 fully saturated rings. The summed E-state index contributed by atoms with van der Waals surface area (Å²) >= 11 is 1.23. The molecule has 7 heteroatoms. The first-order valence-electron chi connectivity index (χ1n) is 5.05. The summed E-state index contributed by atoms with van der Waals surface area (Å²) in [5, 5.41) is 0.369. The molecule has 1 aliphatic heterocycles. The molecule has 0 spiro atoms. The predicted octanol–water partition coefficient (Wildman–Crippen LogP) is 2.41. The Kier molecular flexibility index (Phi) is 3.58. The quantitative estimate of drug-likeness (QED) is 0.620. The Morgan fingerprint density at radius 1 is 1.47 bits per heavy atom. The summed E-state index contributed by atoms with van der Waals surface area (Å²) in [5.41, 5.74) is -0.660. The van der Waals surface area contributed by atoms with E-state index in [-0.39, 0.29) is 11.6 Å². The molecule has 0 unspecified atom stereocenters. The highest BCUT2D eigenvalue weighted by Gasteiger charge is 2.36. The standard InChI is InChI=1S/C10H11F3N2OS/c1-17-9-14-3-7(10(11,12)13)8(15-9)2-6-4-16-5-6/h3,6H,2,4-5H2,1H3. The van der Waals surface area contributed by atoms with Crippen molar-refractivity contribution in [1.29, 1.82) is 0 Å². The average molecular weight is 264 g/mol. The van der Waals surface area contributed by atoms with Gasteiger partial charge in [-0.05, 0) is 12.7 Å². The van der Waals surface area contributed by atoms with Crippen molar-refractivity contribution < 1.29 is 17.9 Å². The van der Waals surface area contributed by atoms with Gasteiger partial charge in [0.1, 0.15) is 0 Å². The van der Waals surface area contributed by atoms with Crippen LogP contribution in [0, 0.1) is 5.92 Å². The third kappa shape index (κ3) is 2.90. The molecule has 0 bridgehead atoms. The normalized spacial score (nSPS) is 16.9. The Balaban J connectivity index is 2.29. The van der Waals surface area contributed by atoms with Gasteiger partial charge in [0, 0.05) is 12.1 Å². The smallest absolute Gasteiger partial charge is 0.381 e. The lowest BCUT2D eigenvalue weighted by atomic mass is 9.99. The Bertz CT molecular complexity index is 407. The molecule has 0 atom stereocenters. The van der Waals surface area contributed by atoms with Crippen molar-refractivity contribution >= 4 is 11.8 Å². The van der Waals surface area contributed by atoms with E-state index in [4.69, 9.17) is 4.74 Å². The second-order valence-electron chi connectivity index (χ2n) is 3.82. The summed E-state index contributed by atoms with van der Waals surface area (Å²) in [5.74, 6) is 0.140. The molecule has 94 valence electrons. The van der Waals surface area contributed by atoms with E-state index in [9.17, 15) is 13.2 Å². The van der Waals surface area contributed by atoms with Gasteiger partial charge in [0.25, 0.3) is 0 Å². The largest absolute Gasteiger partial charge is 0.419 e. The Morgan fingerprint density at radius 3 is 2.65 bits per heavy atom. The lowest BCUT2D eigenvalue weighted by molar-refractivity contribution is -0.139. The molecule has 0 amide bonds. The highest BCUT2D eigenvalue weighted by Crippen LogP contribution is 2.33. The van der Waals surface area contributed by atoms with Crippen LogP contribution in [0.25, 0.3) is 0 Å². The molecule has 2 heterocycles. The van der Waals surface area contributed by atoms with Crippen molar-refractivity contribution in [3.8, 4) is 0 Å². The minimum absolute atomic E-state index is 0.0742. The lowest BCUT2D eigenvalue weighted by Gasteiger charge is -2.26. The van der Waals surface area contributed by atoms with Crippen LogP contribution >= 0.6 is 11.8 Å². The van der Waals surface area contributed by atoms with Crippen molar-refractivity contribution in [2.45, 2.75) is 17.8 Å². The monoisotopic (exact) mass is 264 g/mol. The van der Waals surface area contributed by atoms with Crippen LogP contribution in [0.4, 0.5) is 13.2 Å². The molecule has 1 saturated heterocycles. The summed E-state index contributed by atoms with van der Waals surface area (Å²) in [6, 6.07) is 0.